The normalized spacial score (nSPS) is 12.5. The van der Waals surface area contributed by atoms with E-state index in [9.17, 15) is 9.59 Å². The standard InChI is InChI=1S/C14H23N3O3/c1-8(2)6-12(14(19)20)15-13(18)7-11-9(3)16-17(5)10(11)4/h8,12H,6-7H2,1-5H3,(H,15,18)(H,19,20)/t12-/m0/s1. The van der Waals surface area contributed by atoms with E-state index < -0.39 is 12.0 Å². The lowest BCUT2D eigenvalue weighted by molar-refractivity contribution is -0.142. The molecule has 1 aromatic rings. The maximum Gasteiger partial charge on any atom is 0.326 e. The van der Waals surface area contributed by atoms with Crippen molar-refractivity contribution in [3.8, 4) is 0 Å². The first kappa shape index (κ1) is 16.2. The van der Waals surface area contributed by atoms with Crippen LogP contribution >= 0.6 is 0 Å². The van der Waals surface area contributed by atoms with Crippen molar-refractivity contribution >= 4 is 11.9 Å². The molecule has 0 bridgehead atoms. The molecule has 1 rings (SSSR count). The summed E-state index contributed by atoms with van der Waals surface area (Å²) in [6, 6.07) is -0.834. The van der Waals surface area contributed by atoms with Crippen molar-refractivity contribution in [2.75, 3.05) is 0 Å². The smallest absolute Gasteiger partial charge is 0.326 e. The number of hydrogen-bond acceptors (Lipinski definition) is 3. The third kappa shape index (κ3) is 4.08. The molecule has 0 aliphatic carbocycles. The van der Waals surface area contributed by atoms with Crippen LogP contribution in [0.4, 0.5) is 0 Å². The summed E-state index contributed by atoms with van der Waals surface area (Å²) in [4.78, 5) is 23.1. The Bertz CT molecular complexity index is 506. The third-order valence-electron chi connectivity index (χ3n) is 3.34. The molecule has 2 N–H and O–H groups in total. The zero-order valence-corrected chi connectivity index (χ0v) is 12.7. The van der Waals surface area contributed by atoms with Crippen LogP contribution in [0.1, 0.15) is 37.2 Å². The van der Waals surface area contributed by atoms with Gasteiger partial charge in [-0.05, 0) is 26.2 Å². The number of rotatable bonds is 6. The Morgan fingerprint density at radius 1 is 1.35 bits per heavy atom. The van der Waals surface area contributed by atoms with Crippen LogP contribution in [0.25, 0.3) is 0 Å². The van der Waals surface area contributed by atoms with Gasteiger partial charge in [0, 0.05) is 18.3 Å². The molecular formula is C14H23N3O3. The average molecular weight is 281 g/mol. The predicted molar refractivity (Wildman–Crippen MR) is 75.4 cm³/mol. The molecule has 0 radical (unpaired) electrons. The Labute approximate surface area is 119 Å². The molecule has 0 spiro atoms. The van der Waals surface area contributed by atoms with Crippen molar-refractivity contribution in [3.05, 3.63) is 17.0 Å². The molecule has 112 valence electrons. The number of carboxylic acids is 1. The van der Waals surface area contributed by atoms with Gasteiger partial charge >= 0.3 is 5.97 Å². The molecule has 0 aromatic carbocycles. The van der Waals surface area contributed by atoms with Gasteiger partial charge in [0.2, 0.25) is 5.91 Å². The molecule has 0 fully saturated rings. The zero-order chi connectivity index (χ0) is 15.4. The summed E-state index contributed by atoms with van der Waals surface area (Å²) in [5.41, 5.74) is 2.59. The molecule has 0 unspecified atom stereocenters. The minimum absolute atomic E-state index is 0.160. The van der Waals surface area contributed by atoms with E-state index in [0.717, 1.165) is 17.0 Å². The number of carbonyl (C=O) groups excluding carboxylic acids is 1. The van der Waals surface area contributed by atoms with Crippen LogP contribution in [0.3, 0.4) is 0 Å². The molecule has 0 saturated heterocycles. The van der Waals surface area contributed by atoms with Gasteiger partial charge in [-0.2, -0.15) is 5.10 Å². The first-order valence-corrected chi connectivity index (χ1v) is 6.73. The SMILES string of the molecule is Cc1nn(C)c(C)c1CC(=O)N[C@@H](CC(C)C)C(=O)O. The zero-order valence-electron chi connectivity index (χ0n) is 12.7. The highest BCUT2D eigenvalue weighted by Gasteiger charge is 2.22. The number of aromatic nitrogens is 2. The minimum atomic E-state index is -0.994. The van der Waals surface area contributed by atoms with Crippen molar-refractivity contribution in [1.82, 2.24) is 15.1 Å². The van der Waals surface area contributed by atoms with Crippen molar-refractivity contribution in [1.29, 1.82) is 0 Å². The number of nitrogens with zero attached hydrogens (tertiary/aromatic N) is 2. The topological polar surface area (TPSA) is 84.2 Å². The summed E-state index contributed by atoms with van der Waals surface area (Å²) in [5.74, 6) is -1.07. The van der Waals surface area contributed by atoms with E-state index >= 15 is 0 Å². The fraction of sp³-hybridized carbons (Fsp3) is 0.643. The van der Waals surface area contributed by atoms with E-state index in [1.54, 1.807) is 4.68 Å². The maximum absolute atomic E-state index is 12.0. The summed E-state index contributed by atoms with van der Waals surface area (Å²) in [6.07, 6.45) is 0.583. The first-order valence-electron chi connectivity index (χ1n) is 6.73. The van der Waals surface area contributed by atoms with E-state index in [1.165, 1.54) is 0 Å². The Hall–Kier alpha value is -1.85. The van der Waals surface area contributed by atoms with Crippen molar-refractivity contribution in [2.45, 2.75) is 46.6 Å². The van der Waals surface area contributed by atoms with Gasteiger partial charge in [-0.1, -0.05) is 13.8 Å². The lowest BCUT2D eigenvalue weighted by Gasteiger charge is -2.16. The van der Waals surface area contributed by atoms with Gasteiger partial charge in [-0.3, -0.25) is 9.48 Å². The van der Waals surface area contributed by atoms with Gasteiger partial charge in [0.05, 0.1) is 12.1 Å². The third-order valence-corrected chi connectivity index (χ3v) is 3.34. The van der Waals surface area contributed by atoms with E-state index in [2.05, 4.69) is 10.4 Å². The second-order valence-corrected chi connectivity index (χ2v) is 5.54. The van der Waals surface area contributed by atoms with Gasteiger partial charge in [0.1, 0.15) is 6.04 Å². The number of aryl methyl sites for hydroxylation is 2. The van der Waals surface area contributed by atoms with E-state index in [0.29, 0.717) is 6.42 Å². The fourth-order valence-electron chi connectivity index (χ4n) is 2.17. The Morgan fingerprint density at radius 3 is 2.35 bits per heavy atom. The monoisotopic (exact) mass is 281 g/mol. The minimum Gasteiger partial charge on any atom is -0.480 e. The van der Waals surface area contributed by atoms with Crippen LogP contribution in [-0.4, -0.2) is 32.8 Å². The van der Waals surface area contributed by atoms with Gasteiger partial charge in [-0.15, -0.1) is 0 Å². The summed E-state index contributed by atoms with van der Waals surface area (Å²) in [6.45, 7) is 7.60. The largest absolute Gasteiger partial charge is 0.480 e. The average Bonchev–Trinajstić information content (AvgIpc) is 2.54. The number of amides is 1. The molecule has 0 saturated carbocycles. The molecule has 1 atom stereocenters. The summed E-state index contributed by atoms with van der Waals surface area (Å²) in [7, 11) is 1.82. The fourth-order valence-corrected chi connectivity index (χ4v) is 2.17. The second kappa shape index (κ2) is 6.54. The molecule has 1 heterocycles. The number of nitrogens with one attached hydrogen (secondary N) is 1. The van der Waals surface area contributed by atoms with Gasteiger partial charge in [0.15, 0.2) is 0 Å². The molecule has 0 aliphatic rings. The van der Waals surface area contributed by atoms with Gasteiger partial charge in [-0.25, -0.2) is 4.79 Å². The van der Waals surface area contributed by atoms with E-state index in [4.69, 9.17) is 5.11 Å². The molecule has 6 heteroatoms. The van der Waals surface area contributed by atoms with Crippen LogP contribution < -0.4 is 5.32 Å². The molecule has 0 aliphatic heterocycles. The number of carbonyl (C=O) groups is 2. The molecule has 6 nitrogen and oxygen atoms in total. The van der Waals surface area contributed by atoms with Crippen molar-refractivity contribution in [2.24, 2.45) is 13.0 Å². The predicted octanol–water partition coefficient (Wildman–Crippen LogP) is 1.19. The van der Waals surface area contributed by atoms with Gasteiger partial charge in [0.25, 0.3) is 0 Å². The second-order valence-electron chi connectivity index (χ2n) is 5.54. The van der Waals surface area contributed by atoms with Crippen LogP contribution in [0, 0.1) is 19.8 Å². The number of aliphatic carboxylic acids is 1. The highest BCUT2D eigenvalue weighted by Crippen LogP contribution is 2.13. The van der Waals surface area contributed by atoms with Crippen LogP contribution in [-0.2, 0) is 23.1 Å². The quantitative estimate of drug-likeness (QED) is 0.820. The van der Waals surface area contributed by atoms with E-state index in [1.807, 2.05) is 34.7 Å². The summed E-state index contributed by atoms with van der Waals surface area (Å²) >= 11 is 0. The maximum atomic E-state index is 12.0. The Balaban J connectivity index is 2.73. The molecule has 1 amide bonds. The van der Waals surface area contributed by atoms with Crippen LogP contribution in [0.5, 0.6) is 0 Å². The Morgan fingerprint density at radius 2 is 1.95 bits per heavy atom. The van der Waals surface area contributed by atoms with Gasteiger partial charge < -0.3 is 10.4 Å². The molecular weight excluding hydrogens is 258 g/mol. The lowest BCUT2D eigenvalue weighted by atomic mass is 10.0. The summed E-state index contributed by atoms with van der Waals surface area (Å²) in [5, 5.41) is 16.0. The lowest BCUT2D eigenvalue weighted by Crippen LogP contribution is -2.42. The van der Waals surface area contributed by atoms with Crippen LogP contribution in [0.2, 0.25) is 0 Å². The summed E-state index contributed by atoms with van der Waals surface area (Å²) < 4.78 is 1.72. The van der Waals surface area contributed by atoms with Crippen LogP contribution in [0.15, 0.2) is 0 Å². The molecule has 20 heavy (non-hydrogen) atoms. The van der Waals surface area contributed by atoms with Crippen molar-refractivity contribution in [3.63, 3.8) is 0 Å². The highest BCUT2D eigenvalue weighted by molar-refractivity contribution is 5.85. The molecule has 1 aromatic heterocycles. The first-order chi connectivity index (χ1) is 9.22. The number of carboxylic acid groups (broad SMARTS) is 1. The van der Waals surface area contributed by atoms with Crippen molar-refractivity contribution < 1.29 is 14.7 Å². The van der Waals surface area contributed by atoms with E-state index in [-0.39, 0.29) is 18.2 Å². The number of hydrogen-bond donors (Lipinski definition) is 2. The Kier molecular flexibility index (Phi) is 5.30. The highest BCUT2D eigenvalue weighted by atomic mass is 16.4.